The average Bonchev–Trinajstić information content (AvgIpc) is 3.35. The fourth-order valence-corrected chi connectivity index (χ4v) is 5.17. The molecule has 0 radical (unpaired) electrons. The van der Waals surface area contributed by atoms with Crippen LogP contribution in [0.2, 0.25) is 0 Å². The summed E-state index contributed by atoms with van der Waals surface area (Å²) in [6.45, 7) is 3.80. The molecule has 1 aromatic carbocycles. The second-order valence-electron chi connectivity index (χ2n) is 8.84. The van der Waals surface area contributed by atoms with Crippen LogP contribution in [0.3, 0.4) is 0 Å². The van der Waals surface area contributed by atoms with E-state index < -0.39 is 23.3 Å². The van der Waals surface area contributed by atoms with Gasteiger partial charge < -0.3 is 14.6 Å². The van der Waals surface area contributed by atoms with Crippen LogP contribution in [0.1, 0.15) is 43.5 Å². The fourth-order valence-electron chi connectivity index (χ4n) is 5.17. The molecule has 174 valence electrons. The van der Waals surface area contributed by atoms with Crippen LogP contribution in [0.5, 0.6) is 0 Å². The monoisotopic (exact) mass is 461 g/mol. The van der Waals surface area contributed by atoms with Crippen molar-refractivity contribution in [3.8, 4) is 11.3 Å². The van der Waals surface area contributed by atoms with Gasteiger partial charge in [0.1, 0.15) is 11.2 Å². The number of urea groups is 1. The molecule has 3 aromatic rings. The highest BCUT2D eigenvalue weighted by atomic mass is 19.4. The number of anilines is 1. The molecule has 1 aliphatic heterocycles. The predicted octanol–water partition coefficient (Wildman–Crippen LogP) is 4.12. The zero-order valence-electron chi connectivity index (χ0n) is 18.2. The number of aryl methyl sites for hydroxylation is 2. The van der Waals surface area contributed by atoms with Crippen molar-refractivity contribution in [1.29, 1.82) is 0 Å². The Bertz CT molecular complexity index is 1220. The number of piperidine rings is 1. The lowest BCUT2D eigenvalue weighted by molar-refractivity contribution is -0.137. The lowest BCUT2D eigenvalue weighted by atomic mass is 9.64. The molecule has 2 aromatic heterocycles. The van der Waals surface area contributed by atoms with Gasteiger partial charge in [0.25, 0.3) is 0 Å². The minimum Gasteiger partial charge on any atom is -0.423 e. The molecule has 1 saturated carbocycles. The standard InChI is InChI=1S/C21H22F3N7O2/c1-11-6-14-9-20(8-11,18-28-27-12(2)33-18)31(14)19(32)26-13-4-5-16(21(22,23)24)15(7-13)17-10-25-30(3)29-17/h4-5,7,10-11,14H,6,8-9H2,1-3H3,(H,26,32)/t11-,14-,20+/m1/s1. The molecule has 1 saturated heterocycles. The van der Waals surface area contributed by atoms with Crippen LogP contribution in [-0.2, 0) is 18.8 Å². The molecule has 12 heteroatoms. The van der Waals surface area contributed by atoms with Crippen LogP contribution in [0, 0.1) is 12.8 Å². The molecular formula is C21H22F3N7O2. The number of rotatable bonds is 3. The minimum atomic E-state index is -4.58. The van der Waals surface area contributed by atoms with E-state index in [0.717, 1.165) is 12.5 Å². The smallest absolute Gasteiger partial charge is 0.417 e. The van der Waals surface area contributed by atoms with E-state index in [1.165, 1.54) is 30.2 Å². The zero-order valence-corrected chi connectivity index (χ0v) is 18.2. The number of amides is 2. The van der Waals surface area contributed by atoms with Crippen LogP contribution < -0.4 is 5.32 Å². The van der Waals surface area contributed by atoms with Gasteiger partial charge in [-0.15, -0.1) is 10.2 Å². The van der Waals surface area contributed by atoms with Gasteiger partial charge in [-0.25, -0.2) is 4.79 Å². The second-order valence-corrected chi connectivity index (χ2v) is 8.84. The van der Waals surface area contributed by atoms with Crippen LogP contribution in [0.4, 0.5) is 23.7 Å². The highest BCUT2D eigenvalue weighted by Crippen LogP contribution is 2.55. The quantitative estimate of drug-likeness (QED) is 0.630. The van der Waals surface area contributed by atoms with Gasteiger partial charge >= 0.3 is 12.2 Å². The molecule has 33 heavy (non-hydrogen) atoms. The van der Waals surface area contributed by atoms with E-state index in [4.69, 9.17) is 4.42 Å². The molecular weight excluding hydrogens is 439 g/mol. The molecule has 2 bridgehead atoms. The number of nitrogens with one attached hydrogen (secondary N) is 1. The number of carbonyl (C=O) groups excluding carboxylic acids is 1. The number of carbonyl (C=O) groups is 1. The first kappa shape index (κ1) is 21.4. The Labute approximate surface area is 187 Å². The third-order valence-corrected chi connectivity index (χ3v) is 6.35. The summed E-state index contributed by atoms with van der Waals surface area (Å²) >= 11 is 0. The third kappa shape index (κ3) is 3.53. The Morgan fingerprint density at radius 2 is 2.06 bits per heavy atom. The highest BCUT2D eigenvalue weighted by Gasteiger charge is 2.62. The van der Waals surface area contributed by atoms with Gasteiger partial charge in [-0.05, 0) is 37.0 Å². The molecule has 2 aliphatic rings. The van der Waals surface area contributed by atoms with E-state index in [1.54, 1.807) is 11.8 Å². The van der Waals surface area contributed by atoms with Gasteiger partial charge in [0.05, 0.1) is 11.8 Å². The molecule has 2 amide bonds. The van der Waals surface area contributed by atoms with Crippen LogP contribution in [0.15, 0.2) is 28.8 Å². The van der Waals surface area contributed by atoms with E-state index in [0.29, 0.717) is 30.5 Å². The van der Waals surface area contributed by atoms with E-state index in [-0.39, 0.29) is 23.0 Å². The van der Waals surface area contributed by atoms with Crippen molar-refractivity contribution in [2.75, 3.05) is 5.32 Å². The van der Waals surface area contributed by atoms with Crippen LogP contribution in [-0.4, -0.2) is 42.2 Å². The van der Waals surface area contributed by atoms with Crippen molar-refractivity contribution in [3.05, 3.63) is 41.7 Å². The van der Waals surface area contributed by atoms with Crippen molar-refractivity contribution in [1.82, 2.24) is 30.1 Å². The Kier molecular flexibility index (Phi) is 4.73. The van der Waals surface area contributed by atoms with Crippen molar-refractivity contribution in [2.24, 2.45) is 13.0 Å². The molecule has 3 atom stereocenters. The normalized spacial score (nSPS) is 24.5. The number of halogens is 3. The molecule has 1 aliphatic carbocycles. The molecule has 3 heterocycles. The number of aromatic nitrogens is 5. The summed E-state index contributed by atoms with van der Waals surface area (Å²) in [6, 6.07) is 3.03. The largest absolute Gasteiger partial charge is 0.423 e. The Hall–Kier alpha value is -3.44. The first-order chi connectivity index (χ1) is 15.6. The van der Waals surface area contributed by atoms with Crippen LogP contribution >= 0.6 is 0 Å². The molecule has 1 N–H and O–H groups in total. The summed E-state index contributed by atoms with van der Waals surface area (Å²) in [7, 11) is 1.52. The van der Waals surface area contributed by atoms with Crippen LogP contribution in [0.25, 0.3) is 11.3 Å². The maximum Gasteiger partial charge on any atom is 0.417 e. The SMILES string of the molecule is Cc1nnc([C@]23C[C@H](C)C[C@H](C2)N3C(=O)Nc2ccc(C(F)(F)F)c(-c3cnn(C)n3)c2)o1. The van der Waals surface area contributed by atoms with E-state index >= 15 is 0 Å². The summed E-state index contributed by atoms with van der Waals surface area (Å²) < 4.78 is 46.4. The third-order valence-electron chi connectivity index (χ3n) is 6.35. The summed E-state index contributed by atoms with van der Waals surface area (Å²) in [6.07, 6.45) is -1.11. The van der Waals surface area contributed by atoms with Gasteiger partial charge in [0, 0.05) is 37.7 Å². The molecule has 0 unspecified atom stereocenters. The summed E-state index contributed by atoms with van der Waals surface area (Å²) in [5.41, 5.74) is -1.42. The summed E-state index contributed by atoms with van der Waals surface area (Å²) in [5.74, 6) is 1.18. The Balaban J connectivity index is 1.46. The van der Waals surface area contributed by atoms with E-state index in [2.05, 4.69) is 32.6 Å². The second kappa shape index (κ2) is 7.29. The summed E-state index contributed by atoms with van der Waals surface area (Å²) in [5, 5.41) is 18.7. The Morgan fingerprint density at radius 3 is 2.70 bits per heavy atom. The Morgan fingerprint density at radius 1 is 1.27 bits per heavy atom. The molecule has 9 nitrogen and oxygen atoms in total. The molecule has 5 rings (SSSR count). The zero-order chi connectivity index (χ0) is 23.5. The van der Waals surface area contributed by atoms with Crippen molar-refractivity contribution >= 4 is 11.7 Å². The number of alkyl halides is 3. The predicted molar refractivity (Wildman–Crippen MR) is 110 cm³/mol. The number of benzene rings is 1. The lowest BCUT2D eigenvalue weighted by Gasteiger charge is -2.61. The number of fused-ring (bicyclic) bond motifs is 2. The highest BCUT2D eigenvalue weighted by molar-refractivity contribution is 5.92. The lowest BCUT2D eigenvalue weighted by Crippen LogP contribution is -2.70. The van der Waals surface area contributed by atoms with E-state index in [9.17, 15) is 18.0 Å². The maximum atomic E-state index is 13.6. The van der Waals surface area contributed by atoms with Crippen molar-refractivity contribution in [2.45, 2.75) is 50.9 Å². The van der Waals surface area contributed by atoms with Gasteiger partial charge in [-0.2, -0.15) is 28.2 Å². The number of likely N-dealkylation sites (tertiary alicyclic amines) is 1. The first-order valence-electron chi connectivity index (χ1n) is 10.6. The van der Waals surface area contributed by atoms with Crippen molar-refractivity contribution < 1.29 is 22.4 Å². The van der Waals surface area contributed by atoms with Gasteiger partial charge in [-0.1, -0.05) is 6.92 Å². The fraction of sp³-hybridized carbons (Fsp3) is 0.476. The van der Waals surface area contributed by atoms with Gasteiger partial charge in [0.15, 0.2) is 0 Å². The molecule has 2 fully saturated rings. The summed E-state index contributed by atoms with van der Waals surface area (Å²) in [4.78, 5) is 16.2. The van der Waals surface area contributed by atoms with E-state index in [1.807, 2.05) is 0 Å². The number of nitrogens with zero attached hydrogens (tertiary/aromatic N) is 6. The minimum absolute atomic E-state index is 0.00475. The van der Waals surface area contributed by atoms with Gasteiger partial charge in [0.2, 0.25) is 11.8 Å². The van der Waals surface area contributed by atoms with Gasteiger partial charge in [-0.3, -0.25) is 0 Å². The molecule has 0 spiro atoms. The number of hydrogen-bond acceptors (Lipinski definition) is 6. The average molecular weight is 461 g/mol. The topological polar surface area (TPSA) is 102 Å². The van der Waals surface area contributed by atoms with Crippen molar-refractivity contribution in [3.63, 3.8) is 0 Å². The number of hydrogen-bond donors (Lipinski definition) is 1. The first-order valence-corrected chi connectivity index (χ1v) is 10.6. The maximum absolute atomic E-state index is 13.6.